The van der Waals surface area contributed by atoms with Crippen LogP contribution in [0.15, 0.2) is 24.3 Å². The van der Waals surface area contributed by atoms with Crippen molar-refractivity contribution in [3.63, 3.8) is 0 Å². The van der Waals surface area contributed by atoms with Crippen LogP contribution in [-0.4, -0.2) is 42.6 Å². The number of likely N-dealkylation sites (tertiary alicyclic amines) is 1. The molecule has 2 heterocycles. The third-order valence-electron chi connectivity index (χ3n) is 5.63. The predicted molar refractivity (Wildman–Crippen MR) is 106 cm³/mol. The van der Waals surface area contributed by atoms with Crippen LogP contribution in [0.4, 0.5) is 4.79 Å². The zero-order chi connectivity index (χ0) is 18.6. The van der Waals surface area contributed by atoms with Crippen LogP contribution >= 0.6 is 11.3 Å². The number of quaternary nitrogens is 1. The van der Waals surface area contributed by atoms with Gasteiger partial charge in [-0.2, -0.15) is 0 Å². The van der Waals surface area contributed by atoms with E-state index in [0.717, 1.165) is 57.1 Å². The van der Waals surface area contributed by atoms with Gasteiger partial charge in [0.05, 0.1) is 29.2 Å². The van der Waals surface area contributed by atoms with Crippen molar-refractivity contribution in [1.82, 2.24) is 15.6 Å². The lowest BCUT2D eigenvalue weighted by Gasteiger charge is -2.28. The van der Waals surface area contributed by atoms with Crippen molar-refractivity contribution >= 4 is 33.5 Å². The summed E-state index contributed by atoms with van der Waals surface area (Å²) in [5.41, 5.74) is 1.06. The highest BCUT2D eigenvalue weighted by Crippen LogP contribution is 2.30. The summed E-state index contributed by atoms with van der Waals surface area (Å²) in [5, 5.41) is 6.59. The van der Waals surface area contributed by atoms with Crippen molar-refractivity contribution in [2.24, 2.45) is 0 Å². The number of amides is 3. The predicted octanol–water partition coefficient (Wildman–Crippen LogP) is 1.83. The van der Waals surface area contributed by atoms with Gasteiger partial charge >= 0.3 is 6.03 Å². The average molecular weight is 388 g/mol. The molecule has 0 bridgehead atoms. The van der Waals surface area contributed by atoms with Crippen LogP contribution < -0.4 is 15.5 Å². The van der Waals surface area contributed by atoms with Gasteiger partial charge in [0.25, 0.3) is 5.91 Å². The van der Waals surface area contributed by atoms with Gasteiger partial charge in [-0.15, -0.1) is 11.3 Å². The van der Waals surface area contributed by atoms with Gasteiger partial charge in [0.1, 0.15) is 5.01 Å². The molecule has 1 aliphatic carbocycles. The van der Waals surface area contributed by atoms with E-state index >= 15 is 0 Å². The summed E-state index contributed by atoms with van der Waals surface area (Å²) < 4.78 is 1.22. The fourth-order valence-electron chi connectivity index (χ4n) is 4.28. The number of nitrogens with zero attached hydrogens (tertiary/aromatic N) is 1. The summed E-state index contributed by atoms with van der Waals surface area (Å²) >= 11 is 1.76. The van der Waals surface area contributed by atoms with Gasteiger partial charge in [0, 0.05) is 6.04 Å². The Morgan fingerprint density at radius 3 is 2.78 bits per heavy atom. The Labute approximate surface area is 163 Å². The molecule has 2 aromatic rings. The molecular formula is C20H27N4O2S+. The molecule has 2 atom stereocenters. The number of hydrogen-bond acceptors (Lipinski definition) is 4. The Morgan fingerprint density at radius 1 is 1.15 bits per heavy atom. The van der Waals surface area contributed by atoms with E-state index < -0.39 is 0 Å². The lowest BCUT2D eigenvalue weighted by Crippen LogP contribution is -3.14. The second kappa shape index (κ2) is 8.35. The van der Waals surface area contributed by atoms with Gasteiger partial charge in [-0.25, -0.2) is 9.78 Å². The highest BCUT2D eigenvalue weighted by atomic mass is 32.1. The van der Waals surface area contributed by atoms with E-state index in [0.29, 0.717) is 12.5 Å². The number of carbonyl (C=O) groups is 2. The summed E-state index contributed by atoms with van der Waals surface area (Å²) in [6, 6.07) is 8.11. The topological polar surface area (TPSA) is 75.5 Å². The second-order valence-electron chi connectivity index (χ2n) is 7.74. The molecule has 144 valence electrons. The van der Waals surface area contributed by atoms with Crippen molar-refractivity contribution in [2.45, 2.75) is 50.5 Å². The zero-order valence-corrected chi connectivity index (χ0v) is 16.3. The first-order valence-corrected chi connectivity index (χ1v) is 10.8. The summed E-state index contributed by atoms with van der Waals surface area (Å²) in [5.74, 6) is 0.205. The fraction of sp³-hybridized carbons (Fsp3) is 0.550. The number of nitrogens with one attached hydrogen (secondary N) is 3. The maximum Gasteiger partial charge on any atom is 0.321 e. The number of aromatic nitrogens is 1. The third-order valence-corrected chi connectivity index (χ3v) is 6.83. The van der Waals surface area contributed by atoms with E-state index in [9.17, 15) is 9.59 Å². The number of rotatable bonds is 4. The van der Waals surface area contributed by atoms with Crippen molar-refractivity contribution in [3.8, 4) is 0 Å². The molecule has 1 aromatic heterocycles. The van der Waals surface area contributed by atoms with Crippen molar-refractivity contribution in [2.75, 3.05) is 19.6 Å². The summed E-state index contributed by atoms with van der Waals surface area (Å²) in [6.45, 7) is 2.22. The molecule has 1 aromatic carbocycles. The number of urea groups is 1. The molecule has 27 heavy (non-hydrogen) atoms. The minimum absolute atomic E-state index is 0.189. The highest BCUT2D eigenvalue weighted by molar-refractivity contribution is 7.18. The van der Waals surface area contributed by atoms with Gasteiger partial charge < -0.3 is 10.2 Å². The Balaban J connectivity index is 1.30. The number of piperidine rings is 1. The molecule has 0 spiro atoms. The number of hydrogen-bond donors (Lipinski definition) is 3. The van der Waals surface area contributed by atoms with Gasteiger partial charge in [0.15, 0.2) is 6.54 Å². The molecule has 2 aliphatic rings. The molecule has 6 nitrogen and oxygen atoms in total. The molecule has 7 heteroatoms. The quantitative estimate of drug-likeness (QED) is 0.749. The van der Waals surface area contributed by atoms with Crippen LogP contribution in [-0.2, 0) is 4.79 Å². The molecule has 3 N–H and O–H groups in total. The normalized spacial score (nSPS) is 23.4. The summed E-state index contributed by atoms with van der Waals surface area (Å²) in [6.07, 6.45) is 6.55. The average Bonchev–Trinajstić information content (AvgIpc) is 3.30. The minimum atomic E-state index is -0.342. The van der Waals surface area contributed by atoms with Crippen LogP contribution in [0.1, 0.15) is 49.5 Å². The summed E-state index contributed by atoms with van der Waals surface area (Å²) in [7, 11) is 0. The van der Waals surface area contributed by atoms with Crippen LogP contribution in [0.2, 0.25) is 0 Å². The lowest BCUT2D eigenvalue weighted by atomic mass is 9.99. The Bertz CT molecular complexity index is 782. The maximum absolute atomic E-state index is 12.3. The fourth-order valence-corrected chi connectivity index (χ4v) is 5.38. The van der Waals surface area contributed by atoms with Crippen molar-refractivity contribution in [1.29, 1.82) is 0 Å². The molecular weight excluding hydrogens is 360 g/mol. The van der Waals surface area contributed by atoms with Crippen molar-refractivity contribution < 1.29 is 14.5 Å². The molecule has 1 saturated heterocycles. The Kier molecular flexibility index (Phi) is 5.69. The van der Waals surface area contributed by atoms with E-state index in [1.165, 1.54) is 14.6 Å². The number of imide groups is 1. The molecule has 1 saturated carbocycles. The van der Waals surface area contributed by atoms with E-state index in [4.69, 9.17) is 4.98 Å². The zero-order valence-electron chi connectivity index (χ0n) is 15.5. The number of para-hydroxylation sites is 1. The number of fused-ring (bicyclic) bond motifs is 1. The molecule has 3 amide bonds. The summed E-state index contributed by atoms with van der Waals surface area (Å²) in [4.78, 5) is 30.3. The maximum atomic E-state index is 12.3. The van der Waals surface area contributed by atoms with Crippen LogP contribution in [0.25, 0.3) is 10.2 Å². The molecule has 2 fully saturated rings. The molecule has 1 unspecified atom stereocenters. The first-order valence-electron chi connectivity index (χ1n) is 9.97. The van der Waals surface area contributed by atoms with Gasteiger partial charge in [-0.1, -0.05) is 25.0 Å². The Hall–Kier alpha value is -1.99. The molecule has 4 rings (SSSR count). The van der Waals surface area contributed by atoms with Crippen LogP contribution in [0, 0.1) is 0 Å². The van der Waals surface area contributed by atoms with E-state index in [2.05, 4.69) is 22.8 Å². The third kappa shape index (κ3) is 4.65. The van der Waals surface area contributed by atoms with Crippen molar-refractivity contribution in [3.05, 3.63) is 29.3 Å². The van der Waals surface area contributed by atoms with Gasteiger partial charge in [-0.3, -0.25) is 10.1 Å². The smallest absolute Gasteiger partial charge is 0.321 e. The van der Waals surface area contributed by atoms with Gasteiger partial charge in [0.2, 0.25) is 0 Å². The Morgan fingerprint density at radius 2 is 1.96 bits per heavy atom. The second-order valence-corrected chi connectivity index (χ2v) is 8.81. The lowest BCUT2D eigenvalue weighted by molar-refractivity contribution is -0.898. The monoisotopic (exact) mass is 387 g/mol. The number of carbonyl (C=O) groups excluding carboxylic acids is 2. The largest absolute Gasteiger partial charge is 0.335 e. The number of benzene rings is 1. The van der Waals surface area contributed by atoms with E-state index in [1.807, 2.05) is 12.1 Å². The highest BCUT2D eigenvalue weighted by Gasteiger charge is 2.29. The van der Waals surface area contributed by atoms with Crippen LogP contribution in [0.5, 0.6) is 0 Å². The first kappa shape index (κ1) is 18.4. The number of thiazole rings is 1. The first-order chi connectivity index (χ1) is 13.2. The molecule has 0 radical (unpaired) electrons. The molecule has 1 aliphatic heterocycles. The van der Waals surface area contributed by atoms with E-state index in [-0.39, 0.29) is 18.0 Å². The minimum Gasteiger partial charge on any atom is -0.335 e. The van der Waals surface area contributed by atoms with Crippen LogP contribution in [0.3, 0.4) is 0 Å². The standard InChI is InChI=1S/C20H26N4O2S/c25-18(23-20(26)21-15-7-1-2-8-15)13-24-11-5-6-14(12-24)19-22-16-9-3-4-10-17(16)27-19/h3-4,9-10,14-15H,1-2,5-8,11-13H2,(H2,21,23,25,26)/p+1/t14-/m0/s1. The van der Waals surface area contributed by atoms with Gasteiger partial charge in [-0.05, 0) is 37.8 Å². The van der Waals surface area contributed by atoms with E-state index in [1.54, 1.807) is 11.3 Å². The SMILES string of the molecule is O=C(C[NH+]1CCC[C@H](c2nc3ccccc3s2)C1)NC(=O)NC1CCCC1.